The van der Waals surface area contributed by atoms with E-state index in [-0.39, 0.29) is 0 Å². The number of nitrogens with zero attached hydrogens (tertiary/aromatic N) is 1. The third-order valence-electron chi connectivity index (χ3n) is 1.71. The molecule has 0 spiro atoms. The number of hydrogen-bond acceptors (Lipinski definition) is 1. The van der Waals surface area contributed by atoms with Crippen LogP contribution in [0.4, 0.5) is 0 Å². The predicted molar refractivity (Wildman–Crippen MR) is 62.1 cm³/mol. The summed E-state index contributed by atoms with van der Waals surface area (Å²) in [4.78, 5) is 4.31. The minimum atomic E-state index is 0.565. The molecule has 1 rings (SSSR count). The van der Waals surface area contributed by atoms with Gasteiger partial charge in [-0.2, -0.15) is 0 Å². The first-order valence-electron chi connectivity index (χ1n) is 4.74. The number of pyridine rings is 1. The molecule has 0 bridgehead atoms. The summed E-state index contributed by atoms with van der Waals surface area (Å²) in [6, 6.07) is 4.11. The molecule has 1 heterocycles. The van der Waals surface area contributed by atoms with Crippen molar-refractivity contribution >= 4 is 15.9 Å². The molecule has 1 nitrogen and oxygen atoms in total. The first kappa shape index (κ1) is 12.6. The van der Waals surface area contributed by atoms with E-state index in [2.05, 4.69) is 40.8 Å². The zero-order valence-corrected chi connectivity index (χ0v) is 10.6. The number of rotatable bonds is 1. The number of aryl methyl sites for hydroxylation is 1. The van der Waals surface area contributed by atoms with Crippen LogP contribution in [0.5, 0.6) is 0 Å². The van der Waals surface area contributed by atoms with Crippen molar-refractivity contribution in [1.29, 1.82) is 0 Å². The van der Waals surface area contributed by atoms with Gasteiger partial charge in [-0.3, -0.25) is 0 Å². The quantitative estimate of drug-likeness (QED) is 0.671. The lowest BCUT2D eigenvalue weighted by Gasteiger charge is -2.07. The van der Waals surface area contributed by atoms with Crippen LogP contribution >= 0.6 is 15.9 Å². The number of aromatic nitrogens is 1. The molecule has 0 saturated carbocycles. The Hall–Kier alpha value is -0.370. The smallest absolute Gasteiger partial charge is 0.106 e. The summed E-state index contributed by atoms with van der Waals surface area (Å²) in [5.41, 5.74) is 2.45. The average Bonchev–Trinajstić information content (AvgIpc) is 2.07. The SMILES string of the molecule is CC.Cc1nc(Br)ccc1C(C)C. The highest BCUT2D eigenvalue weighted by Crippen LogP contribution is 2.19. The molecule has 2 heteroatoms. The second kappa shape index (κ2) is 6.14. The highest BCUT2D eigenvalue weighted by atomic mass is 79.9. The second-order valence-electron chi connectivity index (χ2n) is 2.96. The molecular formula is C11H18BrN. The summed E-state index contributed by atoms with van der Waals surface area (Å²) in [6.07, 6.45) is 0. The van der Waals surface area contributed by atoms with Gasteiger partial charge in [0, 0.05) is 5.69 Å². The van der Waals surface area contributed by atoms with Gasteiger partial charge in [-0.15, -0.1) is 0 Å². The summed E-state index contributed by atoms with van der Waals surface area (Å²) >= 11 is 3.33. The highest BCUT2D eigenvalue weighted by molar-refractivity contribution is 9.10. The van der Waals surface area contributed by atoms with E-state index in [0.29, 0.717) is 5.92 Å². The predicted octanol–water partition coefficient (Wildman–Crippen LogP) is 4.30. The molecule has 1 aromatic heterocycles. The van der Waals surface area contributed by atoms with E-state index in [1.807, 2.05) is 26.8 Å². The Balaban J connectivity index is 0.000000671. The maximum atomic E-state index is 4.31. The van der Waals surface area contributed by atoms with Gasteiger partial charge in [0.25, 0.3) is 0 Å². The van der Waals surface area contributed by atoms with Gasteiger partial charge in [0.2, 0.25) is 0 Å². The molecule has 13 heavy (non-hydrogen) atoms. The van der Waals surface area contributed by atoms with Crippen molar-refractivity contribution in [2.24, 2.45) is 0 Å². The van der Waals surface area contributed by atoms with Gasteiger partial charge in [0.15, 0.2) is 0 Å². The zero-order valence-electron chi connectivity index (χ0n) is 9.06. The van der Waals surface area contributed by atoms with E-state index >= 15 is 0 Å². The summed E-state index contributed by atoms with van der Waals surface area (Å²) < 4.78 is 0.916. The molecular weight excluding hydrogens is 226 g/mol. The van der Waals surface area contributed by atoms with E-state index in [4.69, 9.17) is 0 Å². The summed E-state index contributed by atoms with van der Waals surface area (Å²) in [5.74, 6) is 0.565. The Labute approximate surface area is 89.7 Å². The molecule has 0 saturated heterocycles. The molecule has 1 aromatic rings. The van der Waals surface area contributed by atoms with E-state index in [9.17, 15) is 0 Å². The van der Waals surface area contributed by atoms with Crippen LogP contribution in [0.2, 0.25) is 0 Å². The Morgan fingerprint density at radius 2 is 1.77 bits per heavy atom. The molecule has 0 N–H and O–H groups in total. The van der Waals surface area contributed by atoms with Crippen molar-refractivity contribution in [3.8, 4) is 0 Å². The first-order valence-corrected chi connectivity index (χ1v) is 5.53. The fraction of sp³-hybridized carbons (Fsp3) is 0.545. The van der Waals surface area contributed by atoms with Crippen LogP contribution in [0, 0.1) is 6.92 Å². The van der Waals surface area contributed by atoms with Gasteiger partial charge in [-0.25, -0.2) is 4.98 Å². The van der Waals surface area contributed by atoms with Gasteiger partial charge in [-0.1, -0.05) is 33.8 Å². The maximum Gasteiger partial charge on any atom is 0.106 e. The minimum absolute atomic E-state index is 0.565. The Bertz CT molecular complexity index is 256. The van der Waals surface area contributed by atoms with E-state index in [0.717, 1.165) is 10.3 Å². The van der Waals surface area contributed by atoms with Crippen molar-refractivity contribution in [1.82, 2.24) is 4.98 Å². The lowest BCUT2D eigenvalue weighted by molar-refractivity contribution is 0.840. The third kappa shape index (κ3) is 3.90. The minimum Gasteiger partial charge on any atom is -0.246 e. The molecule has 0 aliphatic rings. The molecule has 0 fully saturated rings. The monoisotopic (exact) mass is 243 g/mol. The normalized spacial score (nSPS) is 9.46. The molecule has 0 atom stereocenters. The van der Waals surface area contributed by atoms with Crippen LogP contribution in [-0.4, -0.2) is 4.98 Å². The lowest BCUT2D eigenvalue weighted by atomic mass is 10.0. The van der Waals surface area contributed by atoms with Crippen LogP contribution in [0.1, 0.15) is 44.9 Å². The van der Waals surface area contributed by atoms with E-state index < -0.39 is 0 Å². The summed E-state index contributed by atoms with van der Waals surface area (Å²) in [6.45, 7) is 10.4. The van der Waals surface area contributed by atoms with Crippen molar-refractivity contribution < 1.29 is 0 Å². The number of hydrogen-bond donors (Lipinski definition) is 0. The largest absolute Gasteiger partial charge is 0.246 e. The number of halogens is 1. The van der Waals surface area contributed by atoms with Crippen LogP contribution in [0.3, 0.4) is 0 Å². The Kier molecular flexibility index (Phi) is 5.97. The van der Waals surface area contributed by atoms with Crippen molar-refractivity contribution in [2.45, 2.75) is 40.5 Å². The molecule has 0 radical (unpaired) electrons. The van der Waals surface area contributed by atoms with E-state index in [1.54, 1.807) is 0 Å². The highest BCUT2D eigenvalue weighted by Gasteiger charge is 2.03. The fourth-order valence-corrected chi connectivity index (χ4v) is 1.55. The molecule has 0 aliphatic carbocycles. The van der Waals surface area contributed by atoms with Gasteiger partial charge >= 0.3 is 0 Å². The van der Waals surface area contributed by atoms with Gasteiger partial charge < -0.3 is 0 Å². The molecule has 0 aromatic carbocycles. The molecule has 0 amide bonds. The van der Waals surface area contributed by atoms with Crippen molar-refractivity contribution in [3.63, 3.8) is 0 Å². The van der Waals surface area contributed by atoms with Crippen LogP contribution in [0.25, 0.3) is 0 Å². The first-order chi connectivity index (χ1) is 6.11. The average molecular weight is 244 g/mol. The zero-order chi connectivity index (χ0) is 10.4. The van der Waals surface area contributed by atoms with Crippen LogP contribution in [0.15, 0.2) is 16.7 Å². The standard InChI is InChI=1S/C9H12BrN.C2H6/c1-6(2)8-4-5-9(10)11-7(8)3;1-2/h4-6H,1-3H3;1-2H3. The molecule has 0 aliphatic heterocycles. The van der Waals surface area contributed by atoms with Crippen molar-refractivity contribution in [3.05, 3.63) is 28.0 Å². The van der Waals surface area contributed by atoms with Crippen LogP contribution < -0.4 is 0 Å². The second-order valence-corrected chi connectivity index (χ2v) is 3.78. The summed E-state index contributed by atoms with van der Waals surface area (Å²) in [5, 5.41) is 0. The van der Waals surface area contributed by atoms with Crippen molar-refractivity contribution in [2.75, 3.05) is 0 Å². The van der Waals surface area contributed by atoms with Gasteiger partial charge in [-0.05, 0) is 40.4 Å². The van der Waals surface area contributed by atoms with Gasteiger partial charge in [0.05, 0.1) is 0 Å². The van der Waals surface area contributed by atoms with E-state index in [1.165, 1.54) is 5.56 Å². The van der Waals surface area contributed by atoms with Crippen LogP contribution in [-0.2, 0) is 0 Å². The summed E-state index contributed by atoms with van der Waals surface area (Å²) in [7, 11) is 0. The molecule has 74 valence electrons. The fourth-order valence-electron chi connectivity index (χ4n) is 1.15. The lowest BCUT2D eigenvalue weighted by Crippen LogP contribution is -1.94. The third-order valence-corrected chi connectivity index (χ3v) is 2.16. The topological polar surface area (TPSA) is 12.9 Å². The Morgan fingerprint density at radius 1 is 1.23 bits per heavy atom. The Morgan fingerprint density at radius 3 is 2.15 bits per heavy atom. The van der Waals surface area contributed by atoms with Gasteiger partial charge in [0.1, 0.15) is 4.60 Å². The molecule has 0 unspecified atom stereocenters. The maximum absolute atomic E-state index is 4.31.